The van der Waals surface area contributed by atoms with Crippen molar-refractivity contribution >= 4 is 46.6 Å². The van der Waals surface area contributed by atoms with Gasteiger partial charge in [-0.05, 0) is 80.5 Å². The zero-order chi connectivity index (χ0) is 31.9. The van der Waals surface area contributed by atoms with Crippen LogP contribution in [0.25, 0.3) is 0 Å². The number of phenols is 1. The van der Waals surface area contributed by atoms with E-state index in [1.165, 1.54) is 17.0 Å². The fourth-order valence-corrected chi connectivity index (χ4v) is 8.45. The van der Waals surface area contributed by atoms with Crippen LogP contribution < -0.4 is 9.80 Å². The number of amides is 4. The Labute approximate surface area is 265 Å². The molecule has 6 unspecified atom stereocenters. The number of nitrogens with zero attached hydrogens (tertiary/aromatic N) is 2. The summed E-state index contributed by atoms with van der Waals surface area (Å²) in [6.07, 6.45) is 3.24. The molecule has 3 aromatic carbocycles. The summed E-state index contributed by atoms with van der Waals surface area (Å²) in [6.45, 7) is 5.53. The number of rotatable bonds is 4. The van der Waals surface area contributed by atoms with Gasteiger partial charge in [0.2, 0.25) is 23.6 Å². The van der Waals surface area contributed by atoms with Crippen molar-refractivity contribution < 1.29 is 28.7 Å². The van der Waals surface area contributed by atoms with Crippen molar-refractivity contribution in [1.29, 1.82) is 0 Å². The van der Waals surface area contributed by atoms with Crippen molar-refractivity contribution in [3.63, 3.8) is 0 Å². The summed E-state index contributed by atoms with van der Waals surface area (Å²) in [4.78, 5) is 59.1. The van der Waals surface area contributed by atoms with E-state index in [9.17, 15) is 28.7 Å². The molecule has 1 N–H and O–H groups in total. The predicted molar refractivity (Wildman–Crippen MR) is 167 cm³/mol. The van der Waals surface area contributed by atoms with Crippen LogP contribution in [0.1, 0.15) is 49.3 Å². The topological polar surface area (TPSA) is 95.0 Å². The Hall–Kier alpha value is -4.30. The van der Waals surface area contributed by atoms with Crippen molar-refractivity contribution in [3.8, 4) is 5.75 Å². The third-order valence-electron chi connectivity index (χ3n) is 10.6. The number of hydrogen-bond acceptors (Lipinski definition) is 5. The van der Waals surface area contributed by atoms with Crippen LogP contribution in [0.3, 0.4) is 0 Å². The normalized spacial score (nSPS) is 29.1. The Morgan fingerprint density at radius 2 is 1.64 bits per heavy atom. The molecule has 6 atom stereocenters. The second kappa shape index (κ2) is 10.4. The van der Waals surface area contributed by atoms with Gasteiger partial charge < -0.3 is 5.11 Å². The molecule has 0 spiro atoms. The van der Waals surface area contributed by atoms with Gasteiger partial charge in [0, 0.05) is 11.5 Å². The highest BCUT2D eigenvalue weighted by atomic mass is 35.5. The van der Waals surface area contributed by atoms with Crippen LogP contribution in [0.2, 0.25) is 5.02 Å². The van der Waals surface area contributed by atoms with E-state index in [0.717, 1.165) is 28.5 Å². The number of para-hydroxylation sites is 1. The van der Waals surface area contributed by atoms with E-state index < -0.39 is 52.6 Å². The molecule has 2 saturated heterocycles. The van der Waals surface area contributed by atoms with E-state index in [2.05, 4.69) is 0 Å². The molecule has 45 heavy (non-hydrogen) atoms. The first-order valence-corrected chi connectivity index (χ1v) is 15.6. The molecule has 4 aliphatic rings. The third-order valence-corrected chi connectivity index (χ3v) is 10.9. The number of phenolic OH excluding ortho intramolecular Hbond substituents is 1. The molecule has 0 aromatic heterocycles. The number of aromatic hydroxyl groups is 1. The average molecular weight is 627 g/mol. The lowest BCUT2D eigenvalue weighted by atomic mass is 9.51. The minimum absolute atomic E-state index is 0.0149. The molecule has 230 valence electrons. The molecule has 2 aliphatic heterocycles. The molecule has 7 nitrogen and oxygen atoms in total. The molecule has 2 heterocycles. The summed E-state index contributed by atoms with van der Waals surface area (Å²) < 4.78 is 14.1. The first kappa shape index (κ1) is 29.4. The summed E-state index contributed by atoms with van der Waals surface area (Å²) >= 11 is 6.07. The number of anilines is 2. The van der Waals surface area contributed by atoms with Gasteiger partial charge in [-0.3, -0.25) is 24.1 Å². The molecule has 0 radical (unpaired) electrons. The lowest BCUT2D eigenvalue weighted by molar-refractivity contribution is -0.131. The standard InChI is InChI=1S/C36H32ClFN2O5/c1-4-19-8-10-20(11-9-19)39-32(42)23-14-13-22-25(29(23)34(39)44)17-26-33(43)40(21-12-15-28(38)27(37)16-21)35(45)36(26,3)30(22)24-7-5-6-18(2)31(24)41/h5-13,15-16,23,25-26,29-30,41H,4,14,17H2,1-3H3. The Morgan fingerprint density at radius 1 is 0.933 bits per heavy atom. The van der Waals surface area contributed by atoms with Crippen molar-refractivity contribution in [2.75, 3.05) is 9.80 Å². The lowest BCUT2D eigenvalue weighted by Gasteiger charge is -2.49. The lowest BCUT2D eigenvalue weighted by Crippen LogP contribution is -2.49. The van der Waals surface area contributed by atoms with E-state index in [0.29, 0.717) is 23.2 Å². The number of aryl methyl sites for hydroxylation is 2. The van der Waals surface area contributed by atoms with E-state index in [1.807, 2.05) is 25.1 Å². The first-order chi connectivity index (χ1) is 21.5. The van der Waals surface area contributed by atoms with Crippen molar-refractivity contribution in [3.05, 3.63) is 99.8 Å². The maximum atomic E-state index is 14.5. The summed E-state index contributed by atoms with van der Waals surface area (Å²) in [5.74, 6) is -5.69. The van der Waals surface area contributed by atoms with Crippen LogP contribution in [0.15, 0.2) is 72.3 Å². The SMILES string of the molecule is CCc1ccc(N2C(=O)C3CC=C4C(CC5C(=O)N(c6ccc(F)c(Cl)c6)C(=O)C5(C)C4c4cccc(C)c4O)C3C2=O)cc1. The largest absolute Gasteiger partial charge is 0.507 e. The Bertz CT molecular complexity index is 1840. The molecule has 2 aliphatic carbocycles. The quantitative estimate of drug-likeness (QED) is 0.264. The van der Waals surface area contributed by atoms with Gasteiger partial charge in [0.1, 0.15) is 11.6 Å². The average Bonchev–Trinajstić information content (AvgIpc) is 3.40. The van der Waals surface area contributed by atoms with Crippen LogP contribution in [0.5, 0.6) is 5.75 Å². The van der Waals surface area contributed by atoms with E-state index in [-0.39, 0.29) is 34.7 Å². The van der Waals surface area contributed by atoms with Crippen LogP contribution in [0, 0.1) is 41.8 Å². The van der Waals surface area contributed by atoms with Crippen molar-refractivity contribution in [2.45, 2.75) is 46.0 Å². The summed E-state index contributed by atoms with van der Waals surface area (Å²) in [6, 6.07) is 16.4. The first-order valence-electron chi connectivity index (χ1n) is 15.3. The molecule has 3 aromatic rings. The highest BCUT2D eigenvalue weighted by molar-refractivity contribution is 6.32. The molecular weight excluding hydrogens is 595 g/mol. The number of allylic oxidation sites excluding steroid dienone is 2. The second-order valence-electron chi connectivity index (χ2n) is 12.8. The number of carbonyl (C=O) groups excluding carboxylic acids is 4. The molecule has 9 heteroatoms. The summed E-state index contributed by atoms with van der Waals surface area (Å²) in [7, 11) is 0. The highest BCUT2D eigenvalue weighted by Crippen LogP contribution is 2.64. The van der Waals surface area contributed by atoms with Crippen LogP contribution in [0.4, 0.5) is 15.8 Å². The zero-order valence-corrected chi connectivity index (χ0v) is 25.8. The molecule has 4 amide bonds. The van der Waals surface area contributed by atoms with Gasteiger partial charge in [0.15, 0.2) is 0 Å². The van der Waals surface area contributed by atoms with Crippen LogP contribution in [-0.2, 0) is 25.6 Å². The third kappa shape index (κ3) is 4.07. The number of hydrogen-bond donors (Lipinski definition) is 1. The Morgan fingerprint density at radius 3 is 2.33 bits per heavy atom. The number of fused-ring (bicyclic) bond motifs is 4. The number of carbonyl (C=O) groups is 4. The predicted octanol–water partition coefficient (Wildman–Crippen LogP) is 6.49. The Kier molecular flexibility index (Phi) is 6.78. The van der Waals surface area contributed by atoms with Gasteiger partial charge >= 0.3 is 0 Å². The van der Waals surface area contributed by atoms with Gasteiger partial charge in [-0.15, -0.1) is 0 Å². The summed E-state index contributed by atoms with van der Waals surface area (Å²) in [5, 5.41) is 11.1. The number of imide groups is 2. The number of benzene rings is 3. The summed E-state index contributed by atoms with van der Waals surface area (Å²) in [5.41, 5.74) is 2.29. The van der Waals surface area contributed by atoms with E-state index in [1.54, 1.807) is 44.2 Å². The van der Waals surface area contributed by atoms with E-state index >= 15 is 0 Å². The monoisotopic (exact) mass is 626 g/mol. The fraction of sp³-hybridized carbons (Fsp3) is 0.333. The van der Waals surface area contributed by atoms with E-state index in [4.69, 9.17) is 11.6 Å². The minimum Gasteiger partial charge on any atom is -0.507 e. The van der Waals surface area contributed by atoms with Gasteiger partial charge in [0.05, 0.1) is 39.6 Å². The maximum Gasteiger partial charge on any atom is 0.241 e. The van der Waals surface area contributed by atoms with Crippen molar-refractivity contribution in [2.24, 2.45) is 29.1 Å². The van der Waals surface area contributed by atoms with Crippen LogP contribution >= 0.6 is 11.6 Å². The maximum absolute atomic E-state index is 14.5. The molecule has 7 rings (SSSR count). The smallest absolute Gasteiger partial charge is 0.241 e. The van der Waals surface area contributed by atoms with Gasteiger partial charge in [-0.25, -0.2) is 9.29 Å². The number of halogens is 2. The van der Waals surface area contributed by atoms with Gasteiger partial charge in [-0.2, -0.15) is 0 Å². The minimum atomic E-state index is -1.33. The zero-order valence-electron chi connectivity index (χ0n) is 25.1. The molecule has 0 bridgehead atoms. The van der Waals surface area contributed by atoms with Gasteiger partial charge in [0.25, 0.3) is 0 Å². The van der Waals surface area contributed by atoms with Crippen LogP contribution in [-0.4, -0.2) is 28.7 Å². The van der Waals surface area contributed by atoms with Crippen molar-refractivity contribution in [1.82, 2.24) is 0 Å². The van der Waals surface area contributed by atoms with Gasteiger partial charge in [-0.1, -0.05) is 60.5 Å². The second-order valence-corrected chi connectivity index (χ2v) is 13.2. The Balaban J connectivity index is 1.36. The highest BCUT2D eigenvalue weighted by Gasteiger charge is 2.68. The molecular formula is C36H32ClFN2O5. The molecule has 1 saturated carbocycles. The molecule has 3 fully saturated rings. The fourth-order valence-electron chi connectivity index (χ4n) is 8.28.